The monoisotopic (exact) mass is 302 g/mol. The fraction of sp³-hybridized carbons (Fsp3) is 0.941. The summed E-state index contributed by atoms with van der Waals surface area (Å²) in [6, 6.07) is 0. The maximum atomic E-state index is 11.9. The second kappa shape index (κ2) is 11.0. The van der Waals surface area contributed by atoms with Crippen LogP contribution in [0.25, 0.3) is 0 Å². The van der Waals surface area contributed by atoms with Crippen LogP contribution in [0, 0.1) is 5.92 Å². The van der Waals surface area contributed by atoms with Gasteiger partial charge < -0.3 is 14.2 Å². The van der Waals surface area contributed by atoms with E-state index in [-0.39, 0.29) is 18.7 Å². The van der Waals surface area contributed by atoms with E-state index >= 15 is 0 Å². The van der Waals surface area contributed by atoms with Crippen molar-refractivity contribution in [3.63, 3.8) is 0 Å². The summed E-state index contributed by atoms with van der Waals surface area (Å²) in [7, 11) is 0. The lowest BCUT2D eigenvalue weighted by Crippen LogP contribution is -2.37. The molecule has 0 rings (SSSR count). The van der Waals surface area contributed by atoms with Gasteiger partial charge in [0.1, 0.15) is 6.61 Å². The highest BCUT2D eigenvalue weighted by atomic mass is 16.6. The molecule has 0 aliphatic carbocycles. The first-order valence-electron chi connectivity index (χ1n) is 8.22. The summed E-state index contributed by atoms with van der Waals surface area (Å²) in [6.45, 7) is 13.2. The summed E-state index contributed by atoms with van der Waals surface area (Å²) in [5, 5.41) is 0. The summed E-state index contributed by atoms with van der Waals surface area (Å²) in [5.41, 5.74) is -0.881. The zero-order chi connectivity index (χ0) is 16.3. The van der Waals surface area contributed by atoms with Crippen LogP contribution >= 0.6 is 0 Å². The molecule has 0 saturated heterocycles. The van der Waals surface area contributed by atoms with Gasteiger partial charge in [0.05, 0.1) is 12.7 Å². The lowest BCUT2D eigenvalue weighted by molar-refractivity contribution is -0.170. The van der Waals surface area contributed by atoms with Crippen molar-refractivity contribution in [3.8, 4) is 0 Å². The van der Waals surface area contributed by atoms with Crippen molar-refractivity contribution < 1.29 is 19.0 Å². The van der Waals surface area contributed by atoms with E-state index in [1.54, 1.807) is 13.8 Å². The molecule has 0 aromatic carbocycles. The second-order valence-corrected chi connectivity index (χ2v) is 6.42. The normalized spacial score (nSPS) is 13.5. The highest BCUT2D eigenvalue weighted by molar-refractivity contribution is 5.78. The fourth-order valence-electron chi connectivity index (χ4n) is 1.78. The SMILES string of the molecule is CCC(C)CCCCOC(C)(C)C(=O)OCCOC(C)C. The Morgan fingerprint density at radius 3 is 2.29 bits per heavy atom. The van der Waals surface area contributed by atoms with Crippen LogP contribution in [-0.2, 0) is 19.0 Å². The minimum Gasteiger partial charge on any atom is -0.461 e. The summed E-state index contributed by atoms with van der Waals surface area (Å²) in [5.74, 6) is 0.445. The third-order valence-electron chi connectivity index (χ3n) is 3.51. The number of ether oxygens (including phenoxy) is 3. The summed E-state index contributed by atoms with van der Waals surface area (Å²) in [4.78, 5) is 11.9. The van der Waals surface area contributed by atoms with Gasteiger partial charge in [-0.15, -0.1) is 0 Å². The molecule has 0 radical (unpaired) electrons. The van der Waals surface area contributed by atoms with E-state index in [4.69, 9.17) is 14.2 Å². The maximum absolute atomic E-state index is 11.9. The first-order valence-corrected chi connectivity index (χ1v) is 8.22. The van der Waals surface area contributed by atoms with Crippen LogP contribution in [0.15, 0.2) is 0 Å². The first-order chi connectivity index (χ1) is 9.79. The second-order valence-electron chi connectivity index (χ2n) is 6.42. The van der Waals surface area contributed by atoms with Crippen molar-refractivity contribution >= 4 is 5.97 Å². The number of esters is 1. The maximum Gasteiger partial charge on any atom is 0.337 e. The Hall–Kier alpha value is -0.610. The van der Waals surface area contributed by atoms with E-state index < -0.39 is 5.60 Å². The minimum absolute atomic E-state index is 0.151. The van der Waals surface area contributed by atoms with Crippen molar-refractivity contribution in [3.05, 3.63) is 0 Å². The molecule has 0 N–H and O–H groups in total. The molecule has 0 saturated carbocycles. The van der Waals surface area contributed by atoms with E-state index in [0.29, 0.717) is 13.2 Å². The van der Waals surface area contributed by atoms with Crippen LogP contribution in [0.2, 0.25) is 0 Å². The average Bonchev–Trinajstić information content (AvgIpc) is 2.42. The first kappa shape index (κ1) is 20.4. The molecule has 0 aliphatic rings. The van der Waals surface area contributed by atoms with Gasteiger partial charge in [0.15, 0.2) is 5.60 Å². The van der Waals surface area contributed by atoms with E-state index in [1.807, 2.05) is 13.8 Å². The number of carbonyl (C=O) groups excluding carboxylic acids is 1. The number of hydrogen-bond acceptors (Lipinski definition) is 4. The largest absolute Gasteiger partial charge is 0.461 e. The molecule has 1 atom stereocenters. The molecule has 4 nitrogen and oxygen atoms in total. The highest BCUT2D eigenvalue weighted by Gasteiger charge is 2.30. The minimum atomic E-state index is -0.881. The van der Waals surface area contributed by atoms with Crippen LogP contribution in [0.5, 0.6) is 0 Å². The summed E-state index contributed by atoms with van der Waals surface area (Å²) >= 11 is 0. The molecule has 0 fully saturated rings. The van der Waals surface area contributed by atoms with Gasteiger partial charge in [-0.25, -0.2) is 4.79 Å². The number of unbranched alkanes of at least 4 members (excludes halogenated alkanes) is 1. The molecule has 0 heterocycles. The van der Waals surface area contributed by atoms with Crippen LogP contribution in [0.3, 0.4) is 0 Å². The summed E-state index contributed by atoms with van der Waals surface area (Å²) < 4.78 is 16.2. The Morgan fingerprint density at radius 1 is 1.05 bits per heavy atom. The van der Waals surface area contributed by atoms with Gasteiger partial charge in [-0.2, -0.15) is 0 Å². The number of hydrogen-bond donors (Lipinski definition) is 0. The Labute approximate surface area is 130 Å². The van der Waals surface area contributed by atoms with E-state index in [0.717, 1.165) is 18.8 Å². The molecular formula is C17H34O4. The highest BCUT2D eigenvalue weighted by Crippen LogP contribution is 2.15. The number of rotatable bonds is 12. The van der Waals surface area contributed by atoms with Gasteiger partial charge in [0.2, 0.25) is 0 Å². The Morgan fingerprint density at radius 2 is 1.71 bits per heavy atom. The zero-order valence-corrected chi connectivity index (χ0v) is 14.7. The average molecular weight is 302 g/mol. The molecule has 0 amide bonds. The van der Waals surface area contributed by atoms with Gasteiger partial charge >= 0.3 is 5.97 Å². The predicted molar refractivity (Wildman–Crippen MR) is 85.4 cm³/mol. The van der Waals surface area contributed by atoms with Crippen molar-refractivity contribution in [2.75, 3.05) is 19.8 Å². The fourth-order valence-corrected chi connectivity index (χ4v) is 1.78. The third kappa shape index (κ3) is 10.7. The van der Waals surface area contributed by atoms with Gasteiger partial charge in [0.25, 0.3) is 0 Å². The Balaban J connectivity index is 3.77. The van der Waals surface area contributed by atoms with Crippen molar-refractivity contribution in [1.82, 2.24) is 0 Å². The van der Waals surface area contributed by atoms with Crippen LogP contribution in [0.4, 0.5) is 0 Å². The third-order valence-corrected chi connectivity index (χ3v) is 3.51. The van der Waals surface area contributed by atoms with Gasteiger partial charge in [-0.05, 0) is 40.0 Å². The molecule has 0 bridgehead atoms. The molecule has 0 aromatic heterocycles. The zero-order valence-electron chi connectivity index (χ0n) is 14.7. The summed E-state index contributed by atoms with van der Waals surface area (Å²) in [6.07, 6.45) is 4.72. The molecule has 4 heteroatoms. The molecule has 1 unspecified atom stereocenters. The van der Waals surface area contributed by atoms with Crippen molar-refractivity contribution in [1.29, 1.82) is 0 Å². The standard InChI is InChI=1S/C17H34O4/c1-7-15(4)10-8-9-11-21-17(5,6)16(18)20-13-12-19-14(2)3/h14-15H,7-13H2,1-6H3. The smallest absolute Gasteiger partial charge is 0.337 e. The molecule has 0 aliphatic heterocycles. The molecule has 0 spiro atoms. The Bertz CT molecular complexity index is 274. The van der Waals surface area contributed by atoms with Gasteiger partial charge in [-0.1, -0.05) is 33.1 Å². The molecule has 21 heavy (non-hydrogen) atoms. The lowest BCUT2D eigenvalue weighted by atomic mass is 10.0. The Kier molecular flexibility index (Phi) is 10.7. The topological polar surface area (TPSA) is 44.8 Å². The molecular weight excluding hydrogens is 268 g/mol. The molecule has 126 valence electrons. The predicted octanol–water partition coefficient (Wildman–Crippen LogP) is 3.97. The molecule has 0 aromatic rings. The van der Waals surface area contributed by atoms with Gasteiger partial charge in [0, 0.05) is 6.61 Å². The van der Waals surface area contributed by atoms with E-state index in [9.17, 15) is 4.79 Å². The quantitative estimate of drug-likeness (QED) is 0.404. The van der Waals surface area contributed by atoms with Crippen LogP contribution < -0.4 is 0 Å². The number of carbonyl (C=O) groups is 1. The lowest BCUT2D eigenvalue weighted by Gasteiger charge is -2.23. The van der Waals surface area contributed by atoms with Crippen molar-refractivity contribution in [2.24, 2.45) is 5.92 Å². The van der Waals surface area contributed by atoms with Crippen LogP contribution in [-0.4, -0.2) is 37.5 Å². The van der Waals surface area contributed by atoms with Gasteiger partial charge in [-0.3, -0.25) is 0 Å². The van der Waals surface area contributed by atoms with E-state index in [1.165, 1.54) is 12.8 Å². The van der Waals surface area contributed by atoms with Crippen molar-refractivity contribution in [2.45, 2.75) is 78.9 Å². The van der Waals surface area contributed by atoms with Crippen LogP contribution in [0.1, 0.15) is 67.2 Å². The van der Waals surface area contributed by atoms with E-state index in [2.05, 4.69) is 13.8 Å².